The molecule has 2 heterocycles. The molecule has 2 aliphatic rings. The second-order valence-corrected chi connectivity index (χ2v) is 66.1. The van der Waals surface area contributed by atoms with E-state index in [0.29, 0.717) is 0 Å². The van der Waals surface area contributed by atoms with Crippen molar-refractivity contribution < 1.29 is 8.85 Å². The smallest absolute Gasteiger partial charge is 0.173 e. The van der Waals surface area contributed by atoms with Crippen molar-refractivity contribution in [2.45, 2.75) is 91.0 Å². The van der Waals surface area contributed by atoms with E-state index in [1.807, 2.05) is 0 Å². The zero-order valence-electron chi connectivity index (χ0n) is 18.6. The minimum atomic E-state index is -1.31. The van der Waals surface area contributed by atoms with Crippen molar-refractivity contribution in [1.82, 2.24) is 0 Å². The normalized spacial score (nSPS) is 31.5. The lowest BCUT2D eigenvalue weighted by Crippen LogP contribution is -2.85. The molecule has 24 heavy (non-hydrogen) atoms. The minimum Gasteiger partial charge on any atom is -0.424 e. The second kappa shape index (κ2) is 6.99. The molecule has 0 aromatic rings. The third-order valence-electron chi connectivity index (χ3n) is 8.59. The molecule has 2 nitrogen and oxygen atoms in total. The fourth-order valence-corrected chi connectivity index (χ4v) is 77.3. The third-order valence-corrected chi connectivity index (χ3v) is 91.3. The topological polar surface area (TPSA) is 18.5 Å². The van der Waals surface area contributed by atoms with Crippen LogP contribution >= 0.6 is 0 Å². The zero-order valence-corrected chi connectivity index (χ0v) is 24.6. The first-order chi connectivity index (χ1) is 10.4. The summed E-state index contributed by atoms with van der Waals surface area (Å²) in [6, 6.07) is 1.49. The van der Waals surface area contributed by atoms with Gasteiger partial charge in [0, 0.05) is 19.9 Å². The Morgan fingerprint density at radius 2 is 1.04 bits per heavy atom. The Bertz CT molecular complexity index is 415. The standard InChI is InChI=1S/C9H26OSi4.C7H18OSi2/c1-11(2)9-10-12(3,4)14(7,8)13(11,5)6;1-9(2)7-5-6-8-10(9,3)4/h9H2,1-8H3;5-7H2,1-4H3. The fourth-order valence-electron chi connectivity index (χ4n) is 3.66. The van der Waals surface area contributed by atoms with Crippen LogP contribution in [0, 0.1) is 0 Å². The van der Waals surface area contributed by atoms with Gasteiger partial charge in [0.15, 0.2) is 15.7 Å². The third kappa shape index (κ3) is 4.05. The Balaban J connectivity index is 0.000000254. The highest BCUT2D eigenvalue weighted by Crippen LogP contribution is 2.39. The summed E-state index contributed by atoms with van der Waals surface area (Å²) < 4.78 is 12.2. The van der Waals surface area contributed by atoms with E-state index in [2.05, 4.69) is 78.6 Å². The molecule has 2 aliphatic heterocycles. The van der Waals surface area contributed by atoms with Gasteiger partial charge in [0.05, 0.1) is 22.3 Å². The Hall–Kier alpha value is 1.22. The van der Waals surface area contributed by atoms with Crippen LogP contribution in [0.3, 0.4) is 0 Å². The van der Waals surface area contributed by atoms with Crippen LogP contribution in [0.25, 0.3) is 0 Å². The molecule has 2 saturated heterocycles. The molecule has 0 aromatic heterocycles. The molecule has 0 saturated carbocycles. The van der Waals surface area contributed by atoms with Gasteiger partial charge in [-0.15, -0.1) is 0 Å². The first kappa shape index (κ1) is 23.3. The summed E-state index contributed by atoms with van der Waals surface area (Å²) >= 11 is 0. The number of hydrogen-bond donors (Lipinski definition) is 0. The van der Waals surface area contributed by atoms with E-state index in [1.165, 1.54) is 12.5 Å². The summed E-state index contributed by atoms with van der Waals surface area (Å²) in [5.74, 6) is 0. The van der Waals surface area contributed by atoms with Crippen LogP contribution in [-0.2, 0) is 8.85 Å². The highest BCUT2D eigenvalue weighted by Gasteiger charge is 2.63. The quantitative estimate of drug-likeness (QED) is 0.465. The van der Waals surface area contributed by atoms with Crippen molar-refractivity contribution in [3.63, 3.8) is 0 Å². The molecule has 0 atom stereocenters. The van der Waals surface area contributed by atoms with Gasteiger partial charge in [-0.1, -0.05) is 58.4 Å². The molecule has 2 rings (SSSR count). The van der Waals surface area contributed by atoms with Crippen LogP contribution in [0.5, 0.6) is 0 Å². The SMILES string of the molecule is C[Si]1(C)CCCO[Si]1(C)C.C[Si]1(C)CO[Si](C)(C)[Si](C)(C)[Si]1(C)C. The fraction of sp³-hybridized carbons (Fsp3) is 1.00. The predicted molar refractivity (Wildman–Crippen MR) is 126 cm³/mol. The summed E-state index contributed by atoms with van der Waals surface area (Å²) in [4.78, 5) is 0. The Kier molecular flexibility index (Phi) is 6.78. The van der Waals surface area contributed by atoms with E-state index < -0.39 is 45.1 Å². The van der Waals surface area contributed by atoms with Crippen molar-refractivity contribution in [2.75, 3.05) is 12.8 Å². The maximum atomic E-state index is 6.33. The van der Waals surface area contributed by atoms with Crippen LogP contribution in [0.1, 0.15) is 6.42 Å². The maximum absolute atomic E-state index is 6.33. The second-order valence-electron chi connectivity index (χ2n) is 11.3. The lowest BCUT2D eigenvalue weighted by molar-refractivity contribution is 0.307. The molecule has 0 radical (unpaired) electrons. The van der Waals surface area contributed by atoms with Crippen LogP contribution < -0.4 is 0 Å². The number of rotatable bonds is 0. The Morgan fingerprint density at radius 1 is 0.542 bits per heavy atom. The van der Waals surface area contributed by atoms with Crippen molar-refractivity contribution in [3.8, 4) is 0 Å². The molecule has 2 fully saturated rings. The molecule has 0 aliphatic carbocycles. The summed E-state index contributed by atoms with van der Waals surface area (Å²) in [6.07, 6.45) is 2.47. The van der Waals surface area contributed by atoms with Gasteiger partial charge in [-0.3, -0.25) is 0 Å². The molecule has 0 bridgehead atoms. The average Bonchev–Trinajstić information content (AvgIpc) is 2.39. The minimum absolute atomic E-state index is 0.901. The molecule has 8 heteroatoms. The Morgan fingerprint density at radius 3 is 1.38 bits per heavy atom. The highest BCUT2D eigenvalue weighted by atomic mass is 29.8. The number of hydrogen-bond acceptors (Lipinski definition) is 2. The summed E-state index contributed by atoms with van der Waals surface area (Å²) in [5.41, 5.74) is 0. The van der Waals surface area contributed by atoms with Gasteiger partial charge in [0.2, 0.25) is 0 Å². The summed E-state index contributed by atoms with van der Waals surface area (Å²) in [7, 11) is -6.45. The van der Waals surface area contributed by atoms with E-state index in [9.17, 15) is 0 Å². The maximum Gasteiger partial charge on any atom is 0.173 e. The molecule has 0 aromatic carbocycles. The molecule has 0 amide bonds. The monoisotopic (exact) mass is 436 g/mol. The zero-order chi connectivity index (χ0) is 19.2. The molecular weight excluding hydrogens is 393 g/mol. The van der Waals surface area contributed by atoms with Crippen LogP contribution in [0.15, 0.2) is 0 Å². The van der Waals surface area contributed by atoms with Crippen molar-refractivity contribution in [3.05, 3.63) is 0 Å². The van der Waals surface area contributed by atoms with E-state index in [1.54, 1.807) is 0 Å². The van der Waals surface area contributed by atoms with Crippen molar-refractivity contribution in [1.29, 1.82) is 0 Å². The summed E-state index contributed by atoms with van der Waals surface area (Å²) in [5, 5.41) is 0. The van der Waals surface area contributed by atoms with E-state index in [0.717, 1.165) is 12.8 Å². The first-order valence-corrected chi connectivity index (χ1v) is 31.9. The lowest BCUT2D eigenvalue weighted by atomic mass is 10.5. The average molecular weight is 437 g/mol. The van der Waals surface area contributed by atoms with Crippen molar-refractivity contribution >= 4 is 45.1 Å². The first-order valence-electron chi connectivity index (χ1n) is 9.69. The molecule has 0 unspecified atom stereocenters. The van der Waals surface area contributed by atoms with Gasteiger partial charge in [0.25, 0.3) is 0 Å². The van der Waals surface area contributed by atoms with Crippen LogP contribution in [-0.4, -0.2) is 57.9 Å². The molecule has 0 spiro atoms. The van der Waals surface area contributed by atoms with Gasteiger partial charge in [-0.2, -0.15) is 0 Å². The van der Waals surface area contributed by atoms with Gasteiger partial charge in [-0.25, -0.2) is 0 Å². The van der Waals surface area contributed by atoms with Gasteiger partial charge < -0.3 is 8.85 Å². The molecule has 144 valence electrons. The van der Waals surface area contributed by atoms with Gasteiger partial charge >= 0.3 is 0 Å². The predicted octanol–water partition coefficient (Wildman–Crippen LogP) is 5.52. The Labute approximate surface area is 157 Å². The van der Waals surface area contributed by atoms with Crippen molar-refractivity contribution in [2.24, 2.45) is 0 Å². The largest absolute Gasteiger partial charge is 0.424 e. The van der Waals surface area contributed by atoms with Crippen LogP contribution in [0.4, 0.5) is 0 Å². The van der Waals surface area contributed by atoms with E-state index in [-0.39, 0.29) is 0 Å². The highest BCUT2D eigenvalue weighted by molar-refractivity contribution is 7.83. The summed E-state index contributed by atoms with van der Waals surface area (Å²) in [6.45, 7) is 31.4. The van der Waals surface area contributed by atoms with Gasteiger partial charge in [-0.05, 0) is 32.6 Å². The van der Waals surface area contributed by atoms with E-state index in [4.69, 9.17) is 8.85 Å². The van der Waals surface area contributed by atoms with E-state index >= 15 is 0 Å². The van der Waals surface area contributed by atoms with Crippen LogP contribution in [0.2, 0.25) is 84.6 Å². The molecule has 0 N–H and O–H groups in total. The lowest BCUT2D eigenvalue weighted by Gasteiger charge is -2.59. The molecular formula is C16H44O2Si6. The van der Waals surface area contributed by atoms with Gasteiger partial charge in [0.1, 0.15) is 0 Å².